The van der Waals surface area contributed by atoms with Gasteiger partial charge < -0.3 is 19.0 Å². The Hall–Kier alpha value is -1.47. The van der Waals surface area contributed by atoms with Gasteiger partial charge in [0.25, 0.3) is 11.5 Å². The van der Waals surface area contributed by atoms with Crippen LogP contribution in [0.25, 0.3) is 11.0 Å². The molecule has 0 spiro atoms. The molecule has 1 N–H and O–H groups in total. The first kappa shape index (κ1) is 30.1. The number of nitrogens with zero attached hydrogens (tertiary/aromatic N) is 4. The number of benzene rings is 1. The number of carbonyl (C=O) groups is 2. The summed E-state index contributed by atoms with van der Waals surface area (Å²) >= 11 is 12.0. The van der Waals surface area contributed by atoms with Crippen LogP contribution in [0.1, 0.15) is 0 Å². The largest absolute Gasteiger partial charge is 1.00 e. The quantitative estimate of drug-likeness (QED) is 0.203. The van der Waals surface area contributed by atoms with Gasteiger partial charge in [0.1, 0.15) is 42.6 Å². The van der Waals surface area contributed by atoms with E-state index in [4.69, 9.17) is 33.7 Å². The van der Waals surface area contributed by atoms with Crippen molar-refractivity contribution in [2.24, 2.45) is 14.1 Å². The zero-order chi connectivity index (χ0) is 26.5. The molecule has 1 fully saturated rings. The molecule has 190 valence electrons. The minimum atomic E-state index is -4.71. The monoisotopic (exact) mass is 610 g/mol. The number of fused-ring (bicyclic) bond motifs is 1. The number of carbonyl (C=O) groups excluding carboxylic acids is 1. The second-order valence-electron chi connectivity index (χ2n) is 7.61. The fraction of sp³-hybridized carbons (Fsp3) is 0.200. The molecule has 1 saturated heterocycles. The molecule has 0 unspecified atom stereocenters. The van der Waals surface area contributed by atoms with E-state index in [2.05, 4.69) is 0 Å². The summed E-state index contributed by atoms with van der Waals surface area (Å²) in [4.78, 5) is 39.0. The molecular weight excluding hydrogens is 595 g/mol. The van der Waals surface area contributed by atoms with E-state index in [-0.39, 0.29) is 88.8 Å². The van der Waals surface area contributed by atoms with Crippen LogP contribution in [0.5, 0.6) is 5.75 Å². The van der Waals surface area contributed by atoms with Crippen molar-refractivity contribution >= 4 is 78.6 Å². The second kappa shape index (κ2) is 11.3. The molecule has 1 aromatic carbocycles. The Morgan fingerprint density at radius 2 is 1.89 bits per heavy atom. The molecule has 2 aliphatic rings. The van der Waals surface area contributed by atoms with E-state index in [1.165, 1.54) is 53.6 Å². The third-order valence-electron chi connectivity index (χ3n) is 5.23. The SMILES string of the molecule is Cn1c(=O)/c(=C/C=C2/Oc3ccc(Cl)cc3N2CS(=O)(=O)[O-])n(C)/c1=C1/SC(=S)N(CC(=O)O)C1=O.[K+]. The van der Waals surface area contributed by atoms with Gasteiger partial charge in [0.05, 0.1) is 5.69 Å². The Morgan fingerprint density at radius 1 is 1.22 bits per heavy atom. The number of rotatable bonds is 5. The van der Waals surface area contributed by atoms with Gasteiger partial charge in [-0.1, -0.05) is 35.6 Å². The number of allylic oxidation sites excluding steroid dienone is 1. The number of carboxylic acids is 1. The maximum absolute atomic E-state index is 13.0. The number of thioether (sulfide) groups is 1. The Morgan fingerprint density at radius 3 is 2.51 bits per heavy atom. The van der Waals surface area contributed by atoms with Crippen molar-refractivity contribution in [3.05, 3.63) is 56.4 Å². The Kier molecular flexibility index (Phi) is 9.21. The normalized spacial score (nSPS) is 18.4. The van der Waals surface area contributed by atoms with Crippen molar-refractivity contribution in [3.63, 3.8) is 0 Å². The van der Waals surface area contributed by atoms with Gasteiger partial charge in [-0.25, -0.2) is 8.42 Å². The Bertz CT molecular complexity index is 1660. The average molecular weight is 611 g/mol. The first-order valence-corrected chi connectivity index (χ1v) is 13.1. The zero-order valence-corrected chi connectivity index (χ0v) is 25.8. The van der Waals surface area contributed by atoms with Crippen LogP contribution in [-0.2, 0) is 33.8 Å². The fourth-order valence-corrected chi connectivity index (χ4v) is 5.82. The number of aliphatic carboxylic acids is 1. The number of halogens is 1. The van der Waals surface area contributed by atoms with Gasteiger partial charge in [-0.05, 0) is 24.3 Å². The molecule has 0 aliphatic carbocycles. The average Bonchev–Trinajstić information content (AvgIpc) is 3.31. The topological polar surface area (TPSA) is 154 Å². The summed E-state index contributed by atoms with van der Waals surface area (Å²) in [5.74, 6) is -2.59. The summed E-state index contributed by atoms with van der Waals surface area (Å²) in [6, 6.07) is 4.48. The molecule has 4 rings (SSSR count). The second-order valence-corrected chi connectivity index (χ2v) is 11.1. The molecule has 2 aliphatic heterocycles. The minimum Gasteiger partial charge on any atom is -0.747 e. The number of anilines is 1. The van der Waals surface area contributed by atoms with Crippen LogP contribution < -0.4 is 77.4 Å². The summed E-state index contributed by atoms with van der Waals surface area (Å²) in [7, 11) is -1.75. The summed E-state index contributed by atoms with van der Waals surface area (Å²) < 4.78 is 42.8. The van der Waals surface area contributed by atoms with Gasteiger partial charge >= 0.3 is 57.4 Å². The van der Waals surface area contributed by atoms with Gasteiger partial charge in [0.2, 0.25) is 5.88 Å². The first-order valence-electron chi connectivity index (χ1n) is 9.90. The maximum Gasteiger partial charge on any atom is 1.00 e. The minimum absolute atomic E-state index is 0. The summed E-state index contributed by atoms with van der Waals surface area (Å²) in [6.45, 7) is -0.613. The number of imidazole rings is 1. The molecule has 37 heavy (non-hydrogen) atoms. The van der Waals surface area contributed by atoms with Crippen LogP contribution in [0.4, 0.5) is 5.69 Å². The smallest absolute Gasteiger partial charge is 0.747 e. The third-order valence-corrected chi connectivity index (χ3v) is 7.47. The third kappa shape index (κ3) is 6.08. The molecule has 1 aromatic heterocycles. The molecule has 0 atom stereocenters. The van der Waals surface area contributed by atoms with Gasteiger partial charge in [-0.3, -0.25) is 28.8 Å². The van der Waals surface area contributed by atoms with Crippen LogP contribution in [0.2, 0.25) is 5.02 Å². The maximum atomic E-state index is 13.0. The summed E-state index contributed by atoms with van der Waals surface area (Å²) in [5, 5.41) is 9.43. The van der Waals surface area contributed by atoms with Crippen molar-refractivity contribution in [2.45, 2.75) is 0 Å². The van der Waals surface area contributed by atoms with Crippen molar-refractivity contribution in [3.8, 4) is 5.75 Å². The molecule has 1 amide bonds. The van der Waals surface area contributed by atoms with Gasteiger partial charge in [-0.2, -0.15) is 0 Å². The summed E-state index contributed by atoms with van der Waals surface area (Å²) in [5.41, 5.74) is -0.0525. The van der Waals surface area contributed by atoms with Crippen molar-refractivity contribution in [1.29, 1.82) is 0 Å². The van der Waals surface area contributed by atoms with E-state index in [0.29, 0.717) is 5.02 Å². The number of carboxylic acid groups (broad SMARTS) is 1. The Balaban J connectivity index is 0.00000380. The number of amides is 1. The molecular formula is C20H16ClKN4O8S3. The van der Waals surface area contributed by atoms with Crippen molar-refractivity contribution in [1.82, 2.24) is 14.0 Å². The molecule has 0 radical (unpaired) electrons. The molecule has 12 nitrogen and oxygen atoms in total. The molecule has 3 heterocycles. The number of ether oxygens (including phenoxy) is 1. The predicted molar refractivity (Wildman–Crippen MR) is 135 cm³/mol. The molecule has 0 saturated carbocycles. The fourth-order valence-electron chi connectivity index (χ4n) is 3.68. The van der Waals surface area contributed by atoms with E-state index >= 15 is 0 Å². The standard InChI is InChI=1S/C20H17ClN4O8S3.K/c1-22-11(18(28)23(2)17(22)16-19(29)24(8-15(26)27)20(34)35-16)4-6-14-25(9-36(30,31)32)12-7-10(21)3-5-13(12)33-14;/h3-7H,8-9H2,1-2H3,(H,26,27)(H,30,31,32);/q;+1/p-1/b11-4-,14-6+,17-16-;. The van der Waals surface area contributed by atoms with Crippen LogP contribution >= 0.6 is 35.6 Å². The zero-order valence-electron chi connectivity index (χ0n) is 19.5. The molecule has 2 aromatic rings. The van der Waals surface area contributed by atoms with Crippen LogP contribution in [-0.4, -0.2) is 60.7 Å². The van der Waals surface area contributed by atoms with E-state index in [1.54, 1.807) is 0 Å². The van der Waals surface area contributed by atoms with E-state index < -0.39 is 40.0 Å². The van der Waals surface area contributed by atoms with Crippen molar-refractivity contribution < 1.29 is 83.8 Å². The van der Waals surface area contributed by atoms with Crippen molar-refractivity contribution in [2.75, 3.05) is 17.3 Å². The predicted octanol–water partition coefficient (Wildman–Crippen LogP) is -3.54. The van der Waals surface area contributed by atoms with Crippen LogP contribution in [0.15, 0.2) is 35.0 Å². The Labute approximate surface area is 267 Å². The number of thiocarbonyl (C=S) groups is 1. The van der Waals surface area contributed by atoms with Gasteiger partial charge in [-0.15, -0.1) is 0 Å². The summed E-state index contributed by atoms with van der Waals surface area (Å²) in [6.07, 6.45) is 2.66. The van der Waals surface area contributed by atoms with Crippen LogP contribution in [0, 0.1) is 0 Å². The first-order chi connectivity index (χ1) is 16.8. The van der Waals surface area contributed by atoms with E-state index in [1.807, 2.05) is 0 Å². The molecule has 17 heteroatoms. The van der Waals surface area contributed by atoms with Gasteiger partial charge in [0.15, 0.2) is 5.75 Å². The molecule has 0 bridgehead atoms. The number of hydrogen-bond acceptors (Lipinski definition) is 10. The number of aromatic nitrogens is 2. The number of hydrogen-bond donors (Lipinski definition) is 1. The van der Waals surface area contributed by atoms with E-state index in [9.17, 15) is 27.4 Å². The van der Waals surface area contributed by atoms with E-state index in [0.717, 1.165) is 21.6 Å². The van der Waals surface area contributed by atoms with Gasteiger partial charge in [0, 0.05) is 25.2 Å². The van der Waals surface area contributed by atoms with Crippen LogP contribution in [0.3, 0.4) is 0 Å².